The predicted octanol–water partition coefficient (Wildman–Crippen LogP) is 3.11. The lowest BCUT2D eigenvalue weighted by molar-refractivity contribution is 0.399. The van der Waals surface area contributed by atoms with Crippen LogP contribution in [0.4, 0.5) is 0 Å². The molecule has 1 heterocycles. The van der Waals surface area contributed by atoms with Gasteiger partial charge in [0.15, 0.2) is 0 Å². The van der Waals surface area contributed by atoms with Crippen molar-refractivity contribution in [2.75, 3.05) is 13.7 Å². The Balaban J connectivity index is 2.25. The number of hydrogen-bond acceptors (Lipinski definition) is 3. The van der Waals surface area contributed by atoms with Crippen molar-refractivity contribution < 1.29 is 4.74 Å². The third-order valence-electron chi connectivity index (χ3n) is 3.67. The second-order valence-electron chi connectivity index (χ2n) is 5.26. The zero-order valence-corrected chi connectivity index (χ0v) is 13.4. The van der Waals surface area contributed by atoms with Crippen molar-refractivity contribution in [3.8, 4) is 5.75 Å². The minimum atomic E-state index is 0.236. The first kappa shape index (κ1) is 15.6. The molecule has 2 aromatic rings. The van der Waals surface area contributed by atoms with Crippen LogP contribution in [0, 0.1) is 6.92 Å². The van der Waals surface area contributed by atoms with Gasteiger partial charge in [-0.25, -0.2) is 0 Å². The van der Waals surface area contributed by atoms with Crippen LogP contribution < -0.4 is 10.1 Å². The number of methoxy groups -OCH3 is 1. The summed E-state index contributed by atoms with van der Waals surface area (Å²) in [4.78, 5) is 0. The molecule has 114 valence electrons. The third kappa shape index (κ3) is 3.85. The fourth-order valence-corrected chi connectivity index (χ4v) is 2.57. The zero-order valence-electron chi connectivity index (χ0n) is 13.4. The fraction of sp³-hybridized carbons (Fsp3) is 0.471. The molecule has 4 heteroatoms. The smallest absolute Gasteiger partial charge is 0.123 e. The summed E-state index contributed by atoms with van der Waals surface area (Å²) < 4.78 is 7.52. The minimum absolute atomic E-state index is 0.236. The number of aromatic nitrogens is 2. The number of likely N-dealkylation sites (N-methyl/N-ethyl adjacent to an activating group) is 1. The maximum absolute atomic E-state index is 5.56. The number of ether oxygens (including phenoxy) is 1. The highest BCUT2D eigenvalue weighted by Crippen LogP contribution is 2.28. The standard InChI is InChI=1S/C17H25N3O/c1-5-18-16(10-14-11-19-20(6-2)12-14)15-8-7-13(3)9-17(15)21-4/h7-9,11-12,16,18H,5-6,10H2,1-4H3. The number of benzene rings is 1. The predicted molar refractivity (Wildman–Crippen MR) is 85.8 cm³/mol. The SMILES string of the molecule is CCNC(Cc1cnn(CC)c1)c1ccc(C)cc1OC. The summed E-state index contributed by atoms with van der Waals surface area (Å²) in [7, 11) is 1.73. The van der Waals surface area contributed by atoms with Crippen LogP contribution in [-0.2, 0) is 13.0 Å². The maximum Gasteiger partial charge on any atom is 0.123 e. The summed E-state index contributed by atoms with van der Waals surface area (Å²) in [5.74, 6) is 0.948. The number of hydrogen-bond donors (Lipinski definition) is 1. The van der Waals surface area contributed by atoms with Crippen LogP contribution in [0.5, 0.6) is 5.75 Å². The molecule has 1 unspecified atom stereocenters. The van der Waals surface area contributed by atoms with Crippen LogP contribution in [0.2, 0.25) is 0 Å². The van der Waals surface area contributed by atoms with E-state index in [9.17, 15) is 0 Å². The Bertz CT molecular complexity index is 577. The lowest BCUT2D eigenvalue weighted by Gasteiger charge is -2.20. The molecule has 1 aromatic heterocycles. The van der Waals surface area contributed by atoms with Crippen molar-refractivity contribution >= 4 is 0 Å². The Morgan fingerprint density at radius 3 is 2.76 bits per heavy atom. The highest BCUT2D eigenvalue weighted by molar-refractivity contribution is 5.40. The summed E-state index contributed by atoms with van der Waals surface area (Å²) >= 11 is 0. The van der Waals surface area contributed by atoms with Crippen LogP contribution in [-0.4, -0.2) is 23.4 Å². The van der Waals surface area contributed by atoms with Gasteiger partial charge in [-0.15, -0.1) is 0 Å². The van der Waals surface area contributed by atoms with Gasteiger partial charge in [-0.05, 0) is 44.0 Å². The van der Waals surface area contributed by atoms with E-state index in [2.05, 4.69) is 55.6 Å². The molecular weight excluding hydrogens is 262 g/mol. The molecule has 1 aromatic carbocycles. The van der Waals surface area contributed by atoms with E-state index in [1.807, 2.05) is 10.9 Å². The van der Waals surface area contributed by atoms with Crippen molar-refractivity contribution in [2.45, 2.75) is 39.8 Å². The number of nitrogens with one attached hydrogen (secondary N) is 1. The quantitative estimate of drug-likeness (QED) is 0.850. The first-order valence-electron chi connectivity index (χ1n) is 7.57. The van der Waals surface area contributed by atoms with Crippen LogP contribution in [0.15, 0.2) is 30.6 Å². The van der Waals surface area contributed by atoms with Gasteiger partial charge in [-0.2, -0.15) is 5.10 Å². The highest BCUT2D eigenvalue weighted by atomic mass is 16.5. The van der Waals surface area contributed by atoms with E-state index in [4.69, 9.17) is 4.74 Å². The van der Waals surface area contributed by atoms with Crippen molar-refractivity contribution in [3.63, 3.8) is 0 Å². The molecule has 2 rings (SSSR count). The number of rotatable bonds is 7. The summed E-state index contributed by atoms with van der Waals surface area (Å²) in [6.45, 7) is 8.13. The van der Waals surface area contributed by atoms with Gasteiger partial charge in [0, 0.05) is 24.3 Å². The third-order valence-corrected chi connectivity index (χ3v) is 3.67. The Morgan fingerprint density at radius 1 is 1.33 bits per heavy atom. The number of aryl methyl sites for hydroxylation is 2. The molecule has 21 heavy (non-hydrogen) atoms. The van der Waals surface area contributed by atoms with Gasteiger partial charge in [0.05, 0.1) is 13.3 Å². The van der Waals surface area contributed by atoms with Gasteiger partial charge < -0.3 is 10.1 Å². The molecular formula is C17H25N3O. The van der Waals surface area contributed by atoms with Crippen molar-refractivity contribution in [3.05, 3.63) is 47.3 Å². The van der Waals surface area contributed by atoms with E-state index in [1.54, 1.807) is 7.11 Å². The average Bonchev–Trinajstić information content (AvgIpc) is 2.94. The van der Waals surface area contributed by atoms with E-state index in [1.165, 1.54) is 16.7 Å². The van der Waals surface area contributed by atoms with Gasteiger partial charge >= 0.3 is 0 Å². The van der Waals surface area contributed by atoms with Gasteiger partial charge in [0.1, 0.15) is 5.75 Å². The van der Waals surface area contributed by atoms with E-state index in [0.29, 0.717) is 0 Å². The summed E-state index contributed by atoms with van der Waals surface area (Å²) in [5.41, 5.74) is 3.66. The van der Waals surface area contributed by atoms with Gasteiger partial charge in [-0.3, -0.25) is 4.68 Å². The number of nitrogens with zero attached hydrogens (tertiary/aromatic N) is 2. The Hall–Kier alpha value is -1.81. The van der Waals surface area contributed by atoms with Crippen LogP contribution in [0.25, 0.3) is 0 Å². The lowest BCUT2D eigenvalue weighted by atomic mass is 9.98. The van der Waals surface area contributed by atoms with E-state index in [0.717, 1.165) is 25.3 Å². The molecule has 4 nitrogen and oxygen atoms in total. The van der Waals surface area contributed by atoms with Crippen LogP contribution in [0.1, 0.15) is 36.6 Å². The molecule has 1 N–H and O–H groups in total. The molecule has 0 aliphatic carbocycles. The molecule has 0 radical (unpaired) electrons. The highest BCUT2D eigenvalue weighted by Gasteiger charge is 2.16. The van der Waals surface area contributed by atoms with Crippen molar-refractivity contribution in [1.82, 2.24) is 15.1 Å². The first-order chi connectivity index (χ1) is 10.2. The average molecular weight is 287 g/mol. The molecule has 0 saturated heterocycles. The Morgan fingerprint density at radius 2 is 2.14 bits per heavy atom. The summed E-state index contributed by atoms with van der Waals surface area (Å²) in [5, 5.41) is 7.91. The molecule has 0 bridgehead atoms. The zero-order chi connectivity index (χ0) is 15.2. The maximum atomic E-state index is 5.56. The summed E-state index contributed by atoms with van der Waals surface area (Å²) in [6.07, 6.45) is 4.98. The molecule has 0 amide bonds. The molecule has 1 atom stereocenters. The van der Waals surface area contributed by atoms with Gasteiger partial charge in [-0.1, -0.05) is 19.1 Å². The molecule has 0 fully saturated rings. The molecule has 0 aliphatic heterocycles. The Labute approximate surface area is 127 Å². The van der Waals surface area contributed by atoms with Crippen LogP contribution >= 0.6 is 0 Å². The van der Waals surface area contributed by atoms with Gasteiger partial charge in [0.2, 0.25) is 0 Å². The van der Waals surface area contributed by atoms with E-state index >= 15 is 0 Å². The normalized spacial score (nSPS) is 12.4. The fourth-order valence-electron chi connectivity index (χ4n) is 2.57. The topological polar surface area (TPSA) is 39.1 Å². The van der Waals surface area contributed by atoms with Gasteiger partial charge in [0.25, 0.3) is 0 Å². The van der Waals surface area contributed by atoms with Crippen molar-refractivity contribution in [1.29, 1.82) is 0 Å². The van der Waals surface area contributed by atoms with E-state index < -0.39 is 0 Å². The van der Waals surface area contributed by atoms with Crippen molar-refractivity contribution in [2.24, 2.45) is 0 Å². The molecule has 0 aliphatic rings. The molecule has 0 saturated carbocycles. The minimum Gasteiger partial charge on any atom is -0.496 e. The largest absolute Gasteiger partial charge is 0.496 e. The lowest BCUT2D eigenvalue weighted by Crippen LogP contribution is -2.23. The molecule has 0 spiro atoms. The van der Waals surface area contributed by atoms with Crippen LogP contribution in [0.3, 0.4) is 0 Å². The summed E-state index contributed by atoms with van der Waals surface area (Å²) in [6, 6.07) is 6.62. The first-order valence-corrected chi connectivity index (χ1v) is 7.57. The monoisotopic (exact) mass is 287 g/mol. The van der Waals surface area contributed by atoms with E-state index in [-0.39, 0.29) is 6.04 Å². The Kier molecular flexibility index (Phi) is 5.39. The second-order valence-corrected chi connectivity index (χ2v) is 5.26. The second kappa shape index (κ2) is 7.27.